The van der Waals surface area contributed by atoms with Crippen molar-refractivity contribution < 1.29 is 14.3 Å². The number of nitrogens with one attached hydrogen (secondary N) is 1. The summed E-state index contributed by atoms with van der Waals surface area (Å²) in [6, 6.07) is 9.48. The summed E-state index contributed by atoms with van der Waals surface area (Å²) in [6.07, 6.45) is 2.10. The molecule has 1 amide bonds. The molecule has 20 heavy (non-hydrogen) atoms. The monoisotopic (exact) mass is 287 g/mol. The Kier molecular flexibility index (Phi) is 3.54. The Bertz CT molecular complexity index is 718. The molecule has 0 saturated carbocycles. The minimum Gasteiger partial charge on any atom is -0.472 e. The van der Waals surface area contributed by atoms with Gasteiger partial charge in [0.2, 0.25) is 0 Å². The van der Waals surface area contributed by atoms with Crippen LogP contribution in [0.5, 0.6) is 0 Å². The molecule has 0 spiro atoms. The average molecular weight is 287 g/mol. The number of furan rings is 1. The number of aliphatic hydroxyl groups is 1. The summed E-state index contributed by atoms with van der Waals surface area (Å²) in [6.45, 7) is 0.171. The largest absolute Gasteiger partial charge is 0.472 e. The second-order valence-corrected chi connectivity index (χ2v) is 5.34. The van der Waals surface area contributed by atoms with Crippen molar-refractivity contribution in [2.45, 2.75) is 6.10 Å². The lowest BCUT2D eigenvalue weighted by Gasteiger charge is -2.10. The molecule has 102 valence electrons. The van der Waals surface area contributed by atoms with Gasteiger partial charge in [-0.2, -0.15) is 0 Å². The van der Waals surface area contributed by atoms with Gasteiger partial charge in [0.1, 0.15) is 6.26 Å². The lowest BCUT2D eigenvalue weighted by molar-refractivity contribution is 0.0916. The lowest BCUT2D eigenvalue weighted by atomic mass is 10.1. The number of hydrogen-bond donors (Lipinski definition) is 2. The number of fused-ring (bicyclic) bond motifs is 1. The van der Waals surface area contributed by atoms with Crippen LogP contribution < -0.4 is 5.32 Å². The van der Waals surface area contributed by atoms with Gasteiger partial charge in [0.15, 0.2) is 0 Å². The summed E-state index contributed by atoms with van der Waals surface area (Å²) in [5, 5.41) is 15.9. The fraction of sp³-hybridized carbons (Fsp3) is 0.133. The quantitative estimate of drug-likeness (QED) is 0.775. The average Bonchev–Trinajstić information content (AvgIpc) is 3.13. The van der Waals surface area contributed by atoms with Crippen LogP contribution >= 0.6 is 11.3 Å². The van der Waals surface area contributed by atoms with Crippen LogP contribution in [0.4, 0.5) is 0 Å². The maximum absolute atomic E-state index is 11.8. The molecule has 0 aliphatic heterocycles. The second-order valence-electron chi connectivity index (χ2n) is 4.43. The van der Waals surface area contributed by atoms with Crippen molar-refractivity contribution in [1.29, 1.82) is 0 Å². The molecule has 0 fully saturated rings. The highest BCUT2D eigenvalue weighted by atomic mass is 32.1. The molecular weight excluding hydrogens is 274 g/mol. The maximum Gasteiger partial charge on any atom is 0.254 e. The highest BCUT2D eigenvalue weighted by Crippen LogP contribution is 2.29. The first-order valence-electron chi connectivity index (χ1n) is 6.20. The number of carbonyl (C=O) groups is 1. The third-order valence-corrected chi connectivity index (χ3v) is 4.09. The van der Waals surface area contributed by atoms with E-state index in [1.54, 1.807) is 17.4 Å². The molecule has 0 unspecified atom stereocenters. The van der Waals surface area contributed by atoms with E-state index >= 15 is 0 Å². The molecule has 3 aromatic rings. The van der Waals surface area contributed by atoms with E-state index in [2.05, 4.69) is 5.32 Å². The van der Waals surface area contributed by atoms with Crippen molar-refractivity contribution in [3.63, 3.8) is 0 Å². The molecule has 0 aliphatic carbocycles. The molecule has 3 rings (SSSR count). The summed E-state index contributed by atoms with van der Waals surface area (Å²) in [5.41, 5.74) is 1.30. The van der Waals surface area contributed by atoms with Crippen LogP contribution in [0.3, 0.4) is 0 Å². The van der Waals surface area contributed by atoms with Crippen LogP contribution in [0.2, 0.25) is 0 Å². The van der Waals surface area contributed by atoms with Crippen molar-refractivity contribution in [3.05, 3.63) is 59.4 Å². The van der Waals surface area contributed by atoms with Crippen LogP contribution in [0, 0.1) is 0 Å². The van der Waals surface area contributed by atoms with Crippen molar-refractivity contribution >= 4 is 27.3 Å². The summed E-state index contributed by atoms with van der Waals surface area (Å²) >= 11 is 1.59. The number of carbonyl (C=O) groups excluding carboxylic acids is 1. The first-order chi connectivity index (χ1) is 9.75. The van der Waals surface area contributed by atoms with Crippen LogP contribution in [0.15, 0.2) is 52.7 Å². The third-order valence-electron chi connectivity index (χ3n) is 3.11. The molecule has 2 aromatic heterocycles. The smallest absolute Gasteiger partial charge is 0.254 e. The second kappa shape index (κ2) is 5.48. The molecule has 0 radical (unpaired) electrons. The van der Waals surface area contributed by atoms with Crippen LogP contribution in [0.25, 0.3) is 10.1 Å². The van der Waals surface area contributed by atoms with E-state index in [1.807, 2.05) is 29.6 Å². The van der Waals surface area contributed by atoms with Gasteiger partial charge in [-0.15, -0.1) is 11.3 Å². The molecule has 2 heterocycles. The van der Waals surface area contributed by atoms with Gasteiger partial charge in [0.25, 0.3) is 5.91 Å². The Balaban J connectivity index is 1.70. The van der Waals surface area contributed by atoms with Gasteiger partial charge < -0.3 is 14.8 Å². The number of amides is 1. The van der Waals surface area contributed by atoms with E-state index in [1.165, 1.54) is 12.5 Å². The Morgan fingerprint density at radius 3 is 3.00 bits per heavy atom. The van der Waals surface area contributed by atoms with E-state index in [-0.39, 0.29) is 12.5 Å². The molecule has 1 aromatic carbocycles. The van der Waals surface area contributed by atoms with E-state index in [0.29, 0.717) is 5.56 Å². The molecule has 1 atom stereocenters. The maximum atomic E-state index is 11.8. The van der Waals surface area contributed by atoms with Crippen molar-refractivity contribution in [2.24, 2.45) is 0 Å². The highest BCUT2D eigenvalue weighted by molar-refractivity contribution is 7.17. The van der Waals surface area contributed by atoms with Crippen LogP contribution in [-0.2, 0) is 0 Å². The summed E-state index contributed by atoms with van der Waals surface area (Å²) < 4.78 is 5.98. The van der Waals surface area contributed by atoms with Gasteiger partial charge >= 0.3 is 0 Å². The van der Waals surface area contributed by atoms with Crippen molar-refractivity contribution in [3.8, 4) is 0 Å². The zero-order valence-electron chi connectivity index (χ0n) is 10.6. The minimum atomic E-state index is -0.720. The predicted octanol–water partition coefficient (Wildman–Crippen LogP) is 2.96. The normalized spacial score (nSPS) is 12.4. The molecule has 0 bridgehead atoms. The van der Waals surface area contributed by atoms with E-state index in [4.69, 9.17) is 4.42 Å². The standard InChI is InChI=1S/C15H13NO3S/c17-13(7-16-15(18)10-5-6-19-8-10)12-9-20-14-4-2-1-3-11(12)14/h1-6,8-9,13,17H,7H2,(H,16,18)/t13-/m1/s1. The fourth-order valence-corrected chi connectivity index (χ4v) is 3.06. The molecule has 2 N–H and O–H groups in total. The molecule has 4 nitrogen and oxygen atoms in total. The zero-order chi connectivity index (χ0) is 13.9. The van der Waals surface area contributed by atoms with E-state index in [0.717, 1.165) is 15.6 Å². The lowest BCUT2D eigenvalue weighted by Crippen LogP contribution is -2.27. The molecule has 5 heteroatoms. The highest BCUT2D eigenvalue weighted by Gasteiger charge is 2.15. The Labute approximate surface area is 119 Å². The van der Waals surface area contributed by atoms with Gasteiger partial charge in [-0.3, -0.25) is 4.79 Å². The topological polar surface area (TPSA) is 62.5 Å². The predicted molar refractivity (Wildman–Crippen MR) is 77.8 cm³/mol. The Morgan fingerprint density at radius 1 is 1.35 bits per heavy atom. The van der Waals surface area contributed by atoms with Gasteiger partial charge in [-0.1, -0.05) is 18.2 Å². The van der Waals surface area contributed by atoms with Gasteiger partial charge in [0, 0.05) is 16.8 Å². The fourth-order valence-electron chi connectivity index (χ4n) is 2.05. The van der Waals surface area contributed by atoms with Gasteiger partial charge in [0.05, 0.1) is 17.9 Å². The molecular formula is C15H13NO3S. The number of hydrogen-bond acceptors (Lipinski definition) is 4. The molecule has 0 saturated heterocycles. The number of thiophene rings is 1. The summed E-state index contributed by atoms with van der Waals surface area (Å²) in [5.74, 6) is -0.252. The van der Waals surface area contributed by atoms with E-state index in [9.17, 15) is 9.90 Å². The van der Waals surface area contributed by atoms with E-state index < -0.39 is 6.10 Å². The SMILES string of the molecule is O=C(NC[C@@H](O)c1csc2ccccc12)c1ccoc1. The van der Waals surface area contributed by atoms with Crippen LogP contribution in [-0.4, -0.2) is 17.6 Å². The van der Waals surface area contributed by atoms with Gasteiger partial charge in [-0.25, -0.2) is 0 Å². The number of benzene rings is 1. The number of aliphatic hydroxyl groups excluding tert-OH is 1. The van der Waals surface area contributed by atoms with Crippen molar-refractivity contribution in [2.75, 3.05) is 6.54 Å². The van der Waals surface area contributed by atoms with Crippen molar-refractivity contribution in [1.82, 2.24) is 5.32 Å². The summed E-state index contributed by atoms with van der Waals surface area (Å²) in [7, 11) is 0. The first-order valence-corrected chi connectivity index (χ1v) is 7.08. The Hall–Kier alpha value is -2.11. The zero-order valence-corrected chi connectivity index (χ0v) is 11.4. The minimum absolute atomic E-state index is 0.171. The van der Waals surface area contributed by atoms with Crippen LogP contribution in [0.1, 0.15) is 22.0 Å². The van der Waals surface area contributed by atoms with Gasteiger partial charge in [-0.05, 0) is 22.9 Å². The first kappa shape index (κ1) is 12.9. The number of rotatable bonds is 4. The summed E-state index contributed by atoms with van der Waals surface area (Å²) in [4.78, 5) is 11.8. The third kappa shape index (κ3) is 2.45. The Morgan fingerprint density at radius 2 is 2.20 bits per heavy atom. The molecule has 0 aliphatic rings.